The second kappa shape index (κ2) is 7.72. The third-order valence-electron chi connectivity index (χ3n) is 3.86. The van der Waals surface area contributed by atoms with Crippen molar-refractivity contribution in [2.75, 3.05) is 32.7 Å². The zero-order valence-corrected chi connectivity index (χ0v) is 12.2. The summed E-state index contributed by atoms with van der Waals surface area (Å²) < 4.78 is 13.5. The molecule has 1 saturated heterocycles. The van der Waals surface area contributed by atoms with Gasteiger partial charge in [0.1, 0.15) is 5.82 Å². The minimum atomic E-state index is -0.782. The summed E-state index contributed by atoms with van der Waals surface area (Å²) in [4.78, 5) is 2.49. The smallest absolute Gasteiger partial charge is 0.129 e. The molecule has 1 aliphatic rings. The van der Waals surface area contributed by atoms with E-state index in [1.165, 1.54) is 32.0 Å². The van der Waals surface area contributed by atoms with Crippen molar-refractivity contribution < 1.29 is 9.50 Å². The molecule has 2 rings (SSSR count). The molecule has 1 heterocycles. The number of hydrogen-bond acceptors (Lipinski definition) is 3. The van der Waals surface area contributed by atoms with Crippen molar-refractivity contribution in [3.05, 3.63) is 35.6 Å². The van der Waals surface area contributed by atoms with Crippen LogP contribution in [0.4, 0.5) is 4.39 Å². The highest BCUT2D eigenvalue weighted by Gasteiger charge is 2.15. The van der Waals surface area contributed by atoms with Crippen LogP contribution in [-0.4, -0.2) is 42.7 Å². The monoisotopic (exact) mass is 280 g/mol. The molecule has 4 heteroatoms. The van der Waals surface area contributed by atoms with Crippen molar-refractivity contribution in [2.45, 2.75) is 25.9 Å². The average Bonchev–Trinajstić information content (AvgIpc) is 2.92. The van der Waals surface area contributed by atoms with Gasteiger partial charge in [-0.05, 0) is 44.5 Å². The fraction of sp³-hybridized carbons (Fsp3) is 0.625. The molecule has 1 aromatic carbocycles. The molecule has 0 spiro atoms. The first-order valence-electron chi connectivity index (χ1n) is 7.52. The van der Waals surface area contributed by atoms with Gasteiger partial charge in [-0.25, -0.2) is 4.39 Å². The van der Waals surface area contributed by atoms with Crippen molar-refractivity contribution in [1.29, 1.82) is 0 Å². The number of aliphatic hydroxyl groups is 1. The Kier molecular flexibility index (Phi) is 5.95. The number of benzene rings is 1. The first-order chi connectivity index (χ1) is 9.66. The van der Waals surface area contributed by atoms with Gasteiger partial charge >= 0.3 is 0 Å². The Labute approximate surface area is 120 Å². The largest absolute Gasteiger partial charge is 0.387 e. The molecule has 0 radical (unpaired) electrons. The van der Waals surface area contributed by atoms with Crippen LogP contribution in [0.2, 0.25) is 0 Å². The fourth-order valence-electron chi connectivity index (χ4n) is 2.79. The molecule has 2 atom stereocenters. The second-order valence-corrected chi connectivity index (χ2v) is 5.81. The summed E-state index contributed by atoms with van der Waals surface area (Å²) in [6, 6.07) is 6.40. The minimum Gasteiger partial charge on any atom is -0.387 e. The number of halogens is 1. The van der Waals surface area contributed by atoms with Crippen LogP contribution in [0.1, 0.15) is 31.4 Å². The Morgan fingerprint density at radius 3 is 2.65 bits per heavy atom. The summed E-state index contributed by atoms with van der Waals surface area (Å²) in [5, 5.41) is 13.2. The maximum Gasteiger partial charge on any atom is 0.129 e. The van der Waals surface area contributed by atoms with Crippen molar-refractivity contribution in [2.24, 2.45) is 5.92 Å². The molecule has 0 amide bonds. The summed E-state index contributed by atoms with van der Waals surface area (Å²) in [7, 11) is 0. The van der Waals surface area contributed by atoms with E-state index in [9.17, 15) is 9.50 Å². The van der Waals surface area contributed by atoms with Crippen molar-refractivity contribution in [3.8, 4) is 0 Å². The van der Waals surface area contributed by atoms with Gasteiger partial charge in [-0.2, -0.15) is 0 Å². The predicted molar refractivity (Wildman–Crippen MR) is 79.1 cm³/mol. The number of aliphatic hydroxyl groups excluding tert-OH is 1. The van der Waals surface area contributed by atoms with Crippen LogP contribution in [0.5, 0.6) is 0 Å². The molecule has 0 saturated carbocycles. The van der Waals surface area contributed by atoms with Crippen LogP contribution >= 0.6 is 0 Å². The molecule has 112 valence electrons. The van der Waals surface area contributed by atoms with Gasteiger partial charge < -0.3 is 15.3 Å². The van der Waals surface area contributed by atoms with E-state index in [4.69, 9.17) is 0 Å². The van der Waals surface area contributed by atoms with Crippen LogP contribution in [0.3, 0.4) is 0 Å². The first-order valence-corrected chi connectivity index (χ1v) is 7.52. The summed E-state index contributed by atoms with van der Waals surface area (Å²) in [6.07, 6.45) is 1.84. The molecule has 0 bridgehead atoms. The molecule has 0 aromatic heterocycles. The average molecular weight is 280 g/mol. The predicted octanol–water partition coefficient (Wildman–Crippen LogP) is 2.18. The lowest BCUT2D eigenvalue weighted by Gasteiger charge is -2.21. The van der Waals surface area contributed by atoms with Gasteiger partial charge in [0.15, 0.2) is 0 Å². The van der Waals surface area contributed by atoms with E-state index in [0.29, 0.717) is 18.0 Å². The highest BCUT2D eigenvalue weighted by molar-refractivity contribution is 5.19. The fourth-order valence-corrected chi connectivity index (χ4v) is 2.79. The summed E-state index contributed by atoms with van der Waals surface area (Å²) in [6.45, 7) is 6.97. The maximum absolute atomic E-state index is 13.5. The third-order valence-corrected chi connectivity index (χ3v) is 3.86. The standard InChI is InChI=1S/C16H25FN2O/c1-13(12-19-8-4-5-9-19)10-18-11-16(20)14-6-2-3-7-15(14)17/h2-3,6-7,13,16,18,20H,4-5,8-12H2,1H3. The lowest BCUT2D eigenvalue weighted by atomic mass is 10.1. The summed E-state index contributed by atoms with van der Waals surface area (Å²) >= 11 is 0. The van der Waals surface area contributed by atoms with Gasteiger partial charge in [-0.3, -0.25) is 0 Å². The van der Waals surface area contributed by atoms with E-state index < -0.39 is 6.10 Å². The second-order valence-electron chi connectivity index (χ2n) is 5.81. The van der Waals surface area contributed by atoms with E-state index in [1.54, 1.807) is 18.2 Å². The number of hydrogen-bond donors (Lipinski definition) is 2. The lowest BCUT2D eigenvalue weighted by Crippen LogP contribution is -2.33. The molecule has 2 unspecified atom stereocenters. The number of nitrogens with one attached hydrogen (secondary N) is 1. The Morgan fingerprint density at radius 2 is 1.95 bits per heavy atom. The minimum absolute atomic E-state index is 0.341. The van der Waals surface area contributed by atoms with Crippen LogP contribution < -0.4 is 5.32 Å². The van der Waals surface area contributed by atoms with Gasteiger partial charge in [-0.1, -0.05) is 25.1 Å². The van der Waals surface area contributed by atoms with Gasteiger partial charge in [0.2, 0.25) is 0 Å². The van der Waals surface area contributed by atoms with Gasteiger partial charge in [-0.15, -0.1) is 0 Å². The van der Waals surface area contributed by atoms with Gasteiger partial charge in [0.25, 0.3) is 0 Å². The molecular formula is C16H25FN2O. The number of nitrogens with zero attached hydrogens (tertiary/aromatic N) is 1. The quantitative estimate of drug-likeness (QED) is 0.803. The first kappa shape index (κ1) is 15.4. The van der Waals surface area contributed by atoms with Crippen LogP contribution in [0.25, 0.3) is 0 Å². The number of likely N-dealkylation sites (tertiary alicyclic amines) is 1. The summed E-state index contributed by atoms with van der Waals surface area (Å²) in [5.74, 6) is 0.202. The van der Waals surface area contributed by atoms with E-state index >= 15 is 0 Å². The molecule has 1 aliphatic heterocycles. The Bertz CT molecular complexity index is 407. The molecule has 1 aromatic rings. The highest BCUT2D eigenvalue weighted by Crippen LogP contribution is 2.15. The van der Waals surface area contributed by atoms with Crippen molar-refractivity contribution in [1.82, 2.24) is 10.2 Å². The molecule has 20 heavy (non-hydrogen) atoms. The molecule has 3 nitrogen and oxygen atoms in total. The van der Waals surface area contributed by atoms with Crippen LogP contribution in [0, 0.1) is 11.7 Å². The molecule has 0 aliphatic carbocycles. The Balaban J connectivity index is 1.68. The number of rotatable bonds is 7. The van der Waals surface area contributed by atoms with E-state index in [0.717, 1.165) is 13.1 Å². The highest BCUT2D eigenvalue weighted by atomic mass is 19.1. The normalized spacial score (nSPS) is 19.1. The Morgan fingerprint density at radius 1 is 1.25 bits per heavy atom. The van der Waals surface area contributed by atoms with Crippen molar-refractivity contribution >= 4 is 0 Å². The zero-order valence-electron chi connectivity index (χ0n) is 12.2. The zero-order chi connectivity index (χ0) is 14.4. The van der Waals surface area contributed by atoms with E-state index in [2.05, 4.69) is 17.1 Å². The lowest BCUT2D eigenvalue weighted by molar-refractivity contribution is 0.166. The molecule has 2 N–H and O–H groups in total. The van der Waals surface area contributed by atoms with Crippen molar-refractivity contribution in [3.63, 3.8) is 0 Å². The summed E-state index contributed by atoms with van der Waals surface area (Å²) in [5.41, 5.74) is 0.368. The van der Waals surface area contributed by atoms with Crippen LogP contribution in [0.15, 0.2) is 24.3 Å². The van der Waals surface area contributed by atoms with Gasteiger partial charge in [0.05, 0.1) is 6.10 Å². The van der Waals surface area contributed by atoms with E-state index in [-0.39, 0.29) is 5.82 Å². The van der Waals surface area contributed by atoms with Crippen LogP contribution in [-0.2, 0) is 0 Å². The third kappa shape index (κ3) is 4.54. The van der Waals surface area contributed by atoms with E-state index in [1.807, 2.05) is 0 Å². The van der Waals surface area contributed by atoms with Gasteiger partial charge in [0, 0.05) is 18.7 Å². The Hall–Kier alpha value is -0.970. The topological polar surface area (TPSA) is 35.5 Å². The SMILES string of the molecule is CC(CNCC(O)c1ccccc1F)CN1CCCC1. The molecular weight excluding hydrogens is 255 g/mol. The molecule has 1 fully saturated rings. The maximum atomic E-state index is 13.5.